The number of nitrogens with zero attached hydrogens (tertiary/aromatic N) is 2. The Labute approximate surface area is 107 Å². The van der Waals surface area contributed by atoms with Crippen LogP contribution in [0.15, 0.2) is 30.0 Å². The van der Waals surface area contributed by atoms with Gasteiger partial charge in [0.05, 0.1) is 0 Å². The van der Waals surface area contributed by atoms with Crippen LogP contribution in [0.3, 0.4) is 0 Å². The molecular formula is C12H11F3N2O2. The fourth-order valence-corrected chi connectivity index (χ4v) is 1.89. The molecule has 0 radical (unpaired) electrons. The second-order valence-electron chi connectivity index (χ2n) is 4.13. The van der Waals surface area contributed by atoms with Gasteiger partial charge in [-0.25, -0.2) is 9.78 Å². The van der Waals surface area contributed by atoms with Crippen molar-refractivity contribution >= 4 is 11.7 Å². The highest BCUT2D eigenvalue weighted by atomic mass is 19.4. The molecule has 1 aliphatic rings. The molecule has 0 aliphatic carbocycles. The van der Waals surface area contributed by atoms with E-state index in [-0.39, 0.29) is 25.2 Å². The van der Waals surface area contributed by atoms with Crippen LogP contribution in [0.2, 0.25) is 0 Å². The Hall–Kier alpha value is -2.05. The van der Waals surface area contributed by atoms with Crippen molar-refractivity contribution in [2.45, 2.75) is 12.6 Å². The van der Waals surface area contributed by atoms with Crippen molar-refractivity contribution in [3.63, 3.8) is 0 Å². The van der Waals surface area contributed by atoms with Crippen LogP contribution >= 0.6 is 0 Å². The molecule has 0 fully saturated rings. The van der Waals surface area contributed by atoms with E-state index in [9.17, 15) is 18.0 Å². The van der Waals surface area contributed by atoms with E-state index in [1.807, 2.05) is 0 Å². The molecule has 7 heteroatoms. The van der Waals surface area contributed by atoms with E-state index in [2.05, 4.69) is 4.98 Å². The largest absolute Gasteiger partial charge is 0.477 e. The van der Waals surface area contributed by atoms with Gasteiger partial charge in [-0.05, 0) is 18.6 Å². The molecule has 1 aliphatic heterocycles. The van der Waals surface area contributed by atoms with E-state index in [1.54, 1.807) is 11.0 Å². The Bertz CT molecular complexity index is 526. The lowest BCUT2D eigenvalue weighted by molar-refractivity contribution is -0.0944. The maximum absolute atomic E-state index is 12.5. The third-order valence-corrected chi connectivity index (χ3v) is 2.90. The quantitative estimate of drug-likeness (QED) is 0.840. The molecule has 1 N–H and O–H groups in total. The van der Waals surface area contributed by atoms with Gasteiger partial charge >= 0.3 is 12.1 Å². The van der Waals surface area contributed by atoms with Gasteiger partial charge in [0.1, 0.15) is 5.69 Å². The van der Waals surface area contributed by atoms with Gasteiger partial charge in [-0.1, -0.05) is 6.08 Å². The predicted octanol–water partition coefficient (Wildman–Crippen LogP) is 2.48. The van der Waals surface area contributed by atoms with Gasteiger partial charge in [-0.3, -0.25) is 0 Å². The number of hydrogen-bond donors (Lipinski definition) is 1. The van der Waals surface area contributed by atoms with Gasteiger partial charge in [0, 0.05) is 30.5 Å². The molecule has 2 heterocycles. The average Bonchev–Trinajstić information content (AvgIpc) is 2.38. The molecular weight excluding hydrogens is 261 g/mol. The fourth-order valence-electron chi connectivity index (χ4n) is 1.89. The van der Waals surface area contributed by atoms with Gasteiger partial charge in [-0.2, -0.15) is 13.2 Å². The molecule has 4 nitrogen and oxygen atoms in total. The number of halogens is 3. The minimum atomic E-state index is -4.28. The van der Waals surface area contributed by atoms with E-state index in [0.717, 1.165) is 6.08 Å². The van der Waals surface area contributed by atoms with Crippen molar-refractivity contribution in [1.29, 1.82) is 0 Å². The van der Waals surface area contributed by atoms with Crippen molar-refractivity contribution in [2.75, 3.05) is 18.0 Å². The van der Waals surface area contributed by atoms with E-state index >= 15 is 0 Å². The first-order valence-electron chi connectivity index (χ1n) is 5.58. The SMILES string of the molecule is O=C(O)c1cc(N2CC=C(C(F)(F)F)CC2)ccn1. The summed E-state index contributed by atoms with van der Waals surface area (Å²) >= 11 is 0. The highest BCUT2D eigenvalue weighted by Gasteiger charge is 2.34. The number of hydrogen-bond acceptors (Lipinski definition) is 3. The Morgan fingerprint density at radius 2 is 2.16 bits per heavy atom. The van der Waals surface area contributed by atoms with Crippen LogP contribution in [0.1, 0.15) is 16.9 Å². The van der Waals surface area contributed by atoms with E-state index in [0.29, 0.717) is 5.69 Å². The third kappa shape index (κ3) is 3.04. The number of alkyl halides is 3. The van der Waals surface area contributed by atoms with Gasteiger partial charge in [0.25, 0.3) is 0 Å². The molecule has 1 aromatic heterocycles. The molecule has 0 unspecified atom stereocenters. The normalized spacial score (nSPS) is 16.2. The molecule has 0 saturated carbocycles. The van der Waals surface area contributed by atoms with Crippen LogP contribution < -0.4 is 4.90 Å². The van der Waals surface area contributed by atoms with Crippen LogP contribution in [0.5, 0.6) is 0 Å². The second kappa shape index (κ2) is 4.91. The van der Waals surface area contributed by atoms with Crippen LogP contribution in [0.25, 0.3) is 0 Å². The van der Waals surface area contributed by atoms with Crippen molar-refractivity contribution in [3.05, 3.63) is 35.7 Å². The average molecular weight is 272 g/mol. The lowest BCUT2D eigenvalue weighted by Gasteiger charge is -2.29. The van der Waals surface area contributed by atoms with Crippen molar-refractivity contribution in [3.8, 4) is 0 Å². The molecule has 0 spiro atoms. The van der Waals surface area contributed by atoms with Crippen LogP contribution in [0.4, 0.5) is 18.9 Å². The number of carboxylic acid groups (broad SMARTS) is 1. The smallest absolute Gasteiger partial charge is 0.412 e. The van der Waals surface area contributed by atoms with Gasteiger partial charge in [0.2, 0.25) is 0 Å². The zero-order valence-corrected chi connectivity index (χ0v) is 9.81. The molecule has 1 aromatic rings. The molecule has 0 atom stereocenters. The number of rotatable bonds is 2. The van der Waals surface area contributed by atoms with Crippen molar-refractivity contribution in [1.82, 2.24) is 4.98 Å². The summed E-state index contributed by atoms with van der Waals surface area (Å²) < 4.78 is 37.4. The molecule has 0 bridgehead atoms. The first-order chi connectivity index (χ1) is 8.88. The maximum atomic E-state index is 12.5. The lowest BCUT2D eigenvalue weighted by Crippen LogP contribution is -2.32. The standard InChI is InChI=1S/C12H11F3N2O2/c13-12(14,15)8-2-5-17(6-3-8)9-1-4-16-10(7-9)11(18)19/h1-2,4,7H,3,5-6H2,(H,18,19). The number of anilines is 1. The first kappa shape index (κ1) is 13.4. The maximum Gasteiger partial charge on any atom is 0.412 e. The highest BCUT2D eigenvalue weighted by molar-refractivity contribution is 5.86. The summed E-state index contributed by atoms with van der Waals surface area (Å²) in [5.41, 5.74) is -0.0933. The van der Waals surface area contributed by atoms with Crippen LogP contribution in [0, 0.1) is 0 Å². The summed E-state index contributed by atoms with van der Waals surface area (Å²) in [6, 6.07) is 2.94. The topological polar surface area (TPSA) is 53.4 Å². The zero-order chi connectivity index (χ0) is 14.0. The Morgan fingerprint density at radius 3 is 2.68 bits per heavy atom. The number of aromatic nitrogens is 1. The Morgan fingerprint density at radius 1 is 1.42 bits per heavy atom. The fraction of sp³-hybridized carbons (Fsp3) is 0.333. The molecule has 0 saturated heterocycles. The van der Waals surface area contributed by atoms with Crippen molar-refractivity contribution in [2.24, 2.45) is 0 Å². The number of pyridine rings is 1. The minimum Gasteiger partial charge on any atom is -0.477 e. The van der Waals surface area contributed by atoms with Gasteiger partial charge in [-0.15, -0.1) is 0 Å². The molecule has 102 valence electrons. The summed E-state index contributed by atoms with van der Waals surface area (Å²) in [6.07, 6.45) is -1.92. The molecule has 0 aromatic carbocycles. The number of aromatic carboxylic acids is 1. The summed E-state index contributed by atoms with van der Waals surface area (Å²) in [4.78, 5) is 16.1. The lowest BCUT2D eigenvalue weighted by atomic mass is 10.1. The van der Waals surface area contributed by atoms with Crippen LogP contribution in [-0.2, 0) is 0 Å². The Kier molecular flexibility index (Phi) is 3.46. The van der Waals surface area contributed by atoms with Crippen molar-refractivity contribution < 1.29 is 23.1 Å². The van der Waals surface area contributed by atoms with E-state index in [4.69, 9.17) is 5.11 Å². The zero-order valence-electron chi connectivity index (χ0n) is 9.81. The first-order valence-corrected chi connectivity index (χ1v) is 5.58. The van der Waals surface area contributed by atoms with E-state index in [1.165, 1.54) is 12.3 Å². The molecule has 19 heavy (non-hydrogen) atoms. The Balaban J connectivity index is 2.16. The number of carboxylic acids is 1. The summed E-state index contributed by atoms with van der Waals surface area (Å²) in [5, 5.41) is 8.81. The predicted molar refractivity (Wildman–Crippen MR) is 62.2 cm³/mol. The molecule has 0 amide bonds. The highest BCUT2D eigenvalue weighted by Crippen LogP contribution is 2.31. The minimum absolute atomic E-state index is 0.103. The molecule has 2 rings (SSSR count). The summed E-state index contributed by atoms with van der Waals surface area (Å²) in [7, 11) is 0. The number of carbonyl (C=O) groups is 1. The van der Waals surface area contributed by atoms with E-state index < -0.39 is 17.7 Å². The third-order valence-electron chi connectivity index (χ3n) is 2.90. The van der Waals surface area contributed by atoms with Gasteiger partial charge < -0.3 is 10.0 Å². The van der Waals surface area contributed by atoms with Gasteiger partial charge in [0.15, 0.2) is 0 Å². The summed E-state index contributed by atoms with van der Waals surface area (Å²) in [6.45, 7) is 0.312. The summed E-state index contributed by atoms with van der Waals surface area (Å²) in [5.74, 6) is -1.16. The monoisotopic (exact) mass is 272 g/mol. The van der Waals surface area contributed by atoms with Crippen LogP contribution in [-0.4, -0.2) is 35.3 Å². The second-order valence-corrected chi connectivity index (χ2v) is 4.13.